The number of carbonyl (C=O) groups is 1. The zero-order valence-electron chi connectivity index (χ0n) is 15.1. The molecule has 1 amide bonds. The Morgan fingerprint density at radius 2 is 1.96 bits per heavy atom. The predicted octanol–water partition coefficient (Wildman–Crippen LogP) is 5.07. The van der Waals surface area contributed by atoms with Crippen molar-refractivity contribution >= 4 is 52.5 Å². The van der Waals surface area contributed by atoms with Gasteiger partial charge in [-0.15, -0.1) is 12.4 Å². The van der Waals surface area contributed by atoms with E-state index >= 15 is 0 Å². The van der Waals surface area contributed by atoms with Crippen molar-refractivity contribution in [2.45, 2.75) is 44.6 Å². The minimum atomic E-state index is 0. The minimum Gasteiger partial charge on any atom is -0.350 e. The normalized spacial score (nSPS) is 22.3. The third kappa shape index (κ3) is 6.07. The first-order valence-electron chi connectivity index (χ1n) is 9.07. The molecule has 0 radical (unpaired) electrons. The van der Waals surface area contributed by atoms with Crippen molar-refractivity contribution < 1.29 is 4.79 Å². The van der Waals surface area contributed by atoms with Crippen LogP contribution in [0, 0.1) is 5.92 Å². The lowest BCUT2D eigenvalue weighted by molar-refractivity contribution is -0.116. The van der Waals surface area contributed by atoms with Crippen LogP contribution in [0.5, 0.6) is 0 Å². The summed E-state index contributed by atoms with van der Waals surface area (Å²) in [6.07, 6.45) is 7.20. The Hall–Kier alpha value is -0.910. The third-order valence-corrected chi connectivity index (χ3v) is 6.49. The van der Waals surface area contributed by atoms with Gasteiger partial charge in [0.1, 0.15) is 0 Å². The van der Waals surface area contributed by atoms with Crippen LogP contribution in [0.1, 0.15) is 38.5 Å². The molecule has 2 aliphatic rings. The third-order valence-electron chi connectivity index (χ3n) is 5.01. The summed E-state index contributed by atoms with van der Waals surface area (Å²) in [4.78, 5) is 19.3. The fraction of sp³-hybridized carbons (Fsp3) is 0.579. The van der Waals surface area contributed by atoms with Gasteiger partial charge in [0.2, 0.25) is 5.91 Å². The number of rotatable bonds is 5. The molecule has 1 aliphatic heterocycles. The molecular formula is C19H27Cl2N3OS. The Labute approximate surface area is 171 Å². The maximum absolute atomic E-state index is 12.3. The number of benzene rings is 1. The number of hydrogen-bond donors (Lipinski definition) is 1. The van der Waals surface area contributed by atoms with Crippen LogP contribution in [0.4, 0.5) is 5.69 Å². The van der Waals surface area contributed by atoms with Gasteiger partial charge in [-0.2, -0.15) is 0 Å². The molecule has 0 spiro atoms. The van der Waals surface area contributed by atoms with Gasteiger partial charge in [-0.1, -0.05) is 42.6 Å². The standard InChI is InChI=1S/C19H26ClN3OS.ClH/c1-23-17(11-18(24)22-16-9-7-15(20)8-10-16)13-25-19(23)21-12-14-5-3-2-4-6-14;/h7-10,14,17H,2-6,11-13H2,1H3,(H,22,24);1H/b21-19+;. The van der Waals surface area contributed by atoms with Crippen LogP contribution in [-0.4, -0.2) is 41.4 Å². The van der Waals surface area contributed by atoms with Gasteiger partial charge >= 0.3 is 0 Å². The Balaban J connectivity index is 0.00000243. The minimum absolute atomic E-state index is 0. The predicted molar refractivity (Wildman–Crippen MR) is 115 cm³/mol. The lowest BCUT2D eigenvalue weighted by Crippen LogP contribution is -2.33. The Bertz CT molecular complexity index is 618. The summed E-state index contributed by atoms with van der Waals surface area (Å²) in [6, 6.07) is 7.42. The quantitative estimate of drug-likeness (QED) is 0.729. The Kier molecular flexibility index (Phi) is 8.58. The number of carbonyl (C=O) groups excluding carboxylic acids is 1. The van der Waals surface area contributed by atoms with Crippen molar-refractivity contribution in [1.82, 2.24) is 4.90 Å². The van der Waals surface area contributed by atoms with Gasteiger partial charge in [0, 0.05) is 42.5 Å². The molecule has 1 saturated heterocycles. The van der Waals surface area contributed by atoms with E-state index < -0.39 is 0 Å². The van der Waals surface area contributed by atoms with Crippen molar-refractivity contribution in [3.05, 3.63) is 29.3 Å². The number of thioether (sulfide) groups is 1. The molecule has 1 heterocycles. The van der Waals surface area contributed by atoms with Gasteiger partial charge in [-0.05, 0) is 43.0 Å². The zero-order valence-corrected chi connectivity index (χ0v) is 17.5. The van der Waals surface area contributed by atoms with Crippen LogP contribution in [0.2, 0.25) is 5.02 Å². The van der Waals surface area contributed by atoms with Crippen LogP contribution < -0.4 is 5.32 Å². The summed E-state index contributed by atoms with van der Waals surface area (Å²) in [6.45, 7) is 0.941. The number of halogens is 2. The number of hydrogen-bond acceptors (Lipinski definition) is 3. The molecule has 0 bridgehead atoms. The van der Waals surface area contributed by atoms with Gasteiger partial charge in [0.05, 0.1) is 0 Å². The summed E-state index contributed by atoms with van der Waals surface area (Å²) in [5, 5.41) is 4.70. The van der Waals surface area contributed by atoms with E-state index in [0.717, 1.165) is 29.1 Å². The van der Waals surface area contributed by atoms with E-state index in [2.05, 4.69) is 17.3 Å². The molecule has 144 valence electrons. The van der Waals surface area contributed by atoms with Crippen LogP contribution in [0.25, 0.3) is 0 Å². The van der Waals surface area contributed by atoms with E-state index in [1.807, 2.05) is 12.1 Å². The summed E-state index contributed by atoms with van der Waals surface area (Å²) < 4.78 is 0. The van der Waals surface area contributed by atoms with Crippen molar-refractivity contribution in [2.75, 3.05) is 24.7 Å². The molecule has 26 heavy (non-hydrogen) atoms. The van der Waals surface area contributed by atoms with E-state index in [4.69, 9.17) is 16.6 Å². The molecule has 3 rings (SSSR count). The molecular weight excluding hydrogens is 389 g/mol. The van der Waals surface area contributed by atoms with Crippen LogP contribution in [0.15, 0.2) is 29.3 Å². The van der Waals surface area contributed by atoms with Crippen molar-refractivity contribution in [1.29, 1.82) is 0 Å². The Morgan fingerprint density at radius 1 is 1.27 bits per heavy atom. The SMILES string of the molecule is CN1/C(=N\CC2CCCCC2)SCC1CC(=O)Nc1ccc(Cl)cc1.Cl. The lowest BCUT2D eigenvalue weighted by Gasteiger charge is -2.22. The fourth-order valence-electron chi connectivity index (χ4n) is 3.43. The monoisotopic (exact) mass is 415 g/mol. The number of nitrogens with one attached hydrogen (secondary N) is 1. The molecule has 1 atom stereocenters. The van der Waals surface area contributed by atoms with Crippen LogP contribution in [0.3, 0.4) is 0 Å². The van der Waals surface area contributed by atoms with E-state index in [1.54, 1.807) is 23.9 Å². The molecule has 1 aromatic carbocycles. The first kappa shape index (κ1) is 21.4. The molecule has 1 aliphatic carbocycles. The number of nitrogens with zero attached hydrogens (tertiary/aromatic N) is 2. The van der Waals surface area contributed by atoms with Crippen LogP contribution in [-0.2, 0) is 4.79 Å². The van der Waals surface area contributed by atoms with E-state index in [1.165, 1.54) is 32.1 Å². The number of amidine groups is 1. The summed E-state index contributed by atoms with van der Waals surface area (Å²) in [5.74, 6) is 1.71. The van der Waals surface area contributed by atoms with Gasteiger partial charge in [0.25, 0.3) is 0 Å². The number of amides is 1. The summed E-state index contributed by atoms with van der Waals surface area (Å²) in [7, 11) is 2.06. The molecule has 1 unspecified atom stereocenters. The smallest absolute Gasteiger partial charge is 0.226 e. The van der Waals surface area contributed by atoms with E-state index in [0.29, 0.717) is 11.4 Å². The molecule has 2 fully saturated rings. The Morgan fingerprint density at radius 3 is 2.65 bits per heavy atom. The second-order valence-electron chi connectivity index (χ2n) is 6.96. The lowest BCUT2D eigenvalue weighted by atomic mass is 9.89. The first-order valence-corrected chi connectivity index (χ1v) is 10.4. The largest absolute Gasteiger partial charge is 0.350 e. The fourth-order valence-corrected chi connectivity index (χ4v) is 4.76. The van der Waals surface area contributed by atoms with E-state index in [9.17, 15) is 4.79 Å². The van der Waals surface area contributed by atoms with Gasteiger partial charge in [-0.25, -0.2) is 0 Å². The number of anilines is 1. The molecule has 7 heteroatoms. The maximum atomic E-state index is 12.3. The molecule has 1 N–H and O–H groups in total. The highest BCUT2D eigenvalue weighted by Gasteiger charge is 2.29. The average Bonchev–Trinajstić information content (AvgIpc) is 2.96. The zero-order chi connectivity index (χ0) is 17.6. The van der Waals surface area contributed by atoms with Crippen molar-refractivity contribution in [3.8, 4) is 0 Å². The maximum Gasteiger partial charge on any atom is 0.226 e. The highest BCUT2D eigenvalue weighted by Crippen LogP contribution is 2.28. The highest BCUT2D eigenvalue weighted by molar-refractivity contribution is 8.14. The average molecular weight is 416 g/mol. The highest BCUT2D eigenvalue weighted by atomic mass is 35.5. The van der Waals surface area contributed by atoms with Crippen molar-refractivity contribution in [2.24, 2.45) is 10.9 Å². The van der Waals surface area contributed by atoms with Gasteiger partial charge in [0.15, 0.2) is 5.17 Å². The van der Waals surface area contributed by atoms with Gasteiger partial charge < -0.3 is 10.2 Å². The molecule has 4 nitrogen and oxygen atoms in total. The molecule has 1 aromatic rings. The second-order valence-corrected chi connectivity index (χ2v) is 8.39. The summed E-state index contributed by atoms with van der Waals surface area (Å²) >= 11 is 7.65. The van der Waals surface area contributed by atoms with E-state index in [-0.39, 0.29) is 24.4 Å². The number of aliphatic imine (C=N–C) groups is 1. The topological polar surface area (TPSA) is 44.7 Å². The van der Waals surface area contributed by atoms with Crippen molar-refractivity contribution in [3.63, 3.8) is 0 Å². The second kappa shape index (κ2) is 10.4. The first-order chi connectivity index (χ1) is 12.1. The molecule has 1 saturated carbocycles. The van der Waals surface area contributed by atoms with Gasteiger partial charge in [-0.3, -0.25) is 9.79 Å². The summed E-state index contributed by atoms with van der Waals surface area (Å²) in [5.41, 5.74) is 0.786. The van der Waals surface area contributed by atoms with Crippen LogP contribution >= 0.6 is 35.8 Å². The molecule has 0 aromatic heterocycles.